The van der Waals surface area contributed by atoms with Crippen molar-refractivity contribution in [1.29, 1.82) is 0 Å². The molecule has 0 radical (unpaired) electrons. The molecule has 0 aliphatic carbocycles. The molecule has 1 heterocycles. The zero-order valence-electron chi connectivity index (χ0n) is 15.0. The van der Waals surface area contributed by atoms with Gasteiger partial charge >= 0.3 is 5.97 Å². The van der Waals surface area contributed by atoms with Gasteiger partial charge in [-0.05, 0) is 37.1 Å². The number of carbonyl (C=O) groups is 3. The van der Waals surface area contributed by atoms with Crippen molar-refractivity contribution in [2.75, 3.05) is 18.7 Å². The fraction of sp³-hybridized carbons (Fsp3) is 0.250. The monoisotopic (exact) mass is 369 g/mol. The van der Waals surface area contributed by atoms with E-state index in [1.54, 1.807) is 12.1 Å². The quantitative estimate of drug-likeness (QED) is 0.622. The number of anilines is 1. The van der Waals surface area contributed by atoms with Crippen molar-refractivity contribution in [3.8, 4) is 11.5 Å². The molecule has 0 fully saturated rings. The summed E-state index contributed by atoms with van der Waals surface area (Å²) in [6, 6.07) is 10.0. The van der Waals surface area contributed by atoms with E-state index in [1.165, 1.54) is 19.1 Å². The van der Waals surface area contributed by atoms with E-state index in [0.717, 1.165) is 12.0 Å². The molecule has 140 valence electrons. The number of Topliss-reactive ketones (excluding diaryl/α,β-unsaturated/α-hetero) is 1. The first kappa shape index (κ1) is 18.4. The smallest absolute Gasteiger partial charge is 0.338 e. The first-order chi connectivity index (χ1) is 13.0. The second kappa shape index (κ2) is 7.90. The molecule has 3 rings (SSSR count). The number of amides is 1. The fourth-order valence-electron chi connectivity index (χ4n) is 2.61. The van der Waals surface area contributed by atoms with Crippen LogP contribution < -0.4 is 14.8 Å². The van der Waals surface area contributed by atoms with Crippen LogP contribution in [0.25, 0.3) is 0 Å². The van der Waals surface area contributed by atoms with Crippen LogP contribution in [0.2, 0.25) is 0 Å². The van der Waals surface area contributed by atoms with E-state index >= 15 is 0 Å². The van der Waals surface area contributed by atoms with Gasteiger partial charge in [0.25, 0.3) is 5.91 Å². The van der Waals surface area contributed by atoms with Gasteiger partial charge in [0.05, 0.1) is 11.3 Å². The van der Waals surface area contributed by atoms with Gasteiger partial charge in [0.15, 0.2) is 23.9 Å². The van der Waals surface area contributed by atoms with Crippen molar-refractivity contribution < 1.29 is 28.6 Å². The topological polar surface area (TPSA) is 90.9 Å². The van der Waals surface area contributed by atoms with Crippen molar-refractivity contribution in [1.82, 2.24) is 0 Å². The van der Waals surface area contributed by atoms with Gasteiger partial charge in [-0.25, -0.2) is 4.79 Å². The summed E-state index contributed by atoms with van der Waals surface area (Å²) in [5, 5.41) is 2.57. The zero-order chi connectivity index (χ0) is 19.4. The number of hydrogen-bond donors (Lipinski definition) is 1. The highest BCUT2D eigenvalue weighted by Crippen LogP contribution is 2.37. The van der Waals surface area contributed by atoms with Gasteiger partial charge in [-0.1, -0.05) is 19.1 Å². The third kappa shape index (κ3) is 4.25. The number of hydrogen-bond acceptors (Lipinski definition) is 6. The number of benzene rings is 2. The van der Waals surface area contributed by atoms with Gasteiger partial charge in [-0.15, -0.1) is 0 Å². The van der Waals surface area contributed by atoms with Crippen LogP contribution >= 0.6 is 0 Å². The van der Waals surface area contributed by atoms with Crippen LogP contribution in [0.1, 0.15) is 40.1 Å². The first-order valence-corrected chi connectivity index (χ1v) is 8.48. The fourth-order valence-corrected chi connectivity index (χ4v) is 2.61. The number of rotatable bonds is 6. The van der Waals surface area contributed by atoms with E-state index in [1.807, 2.05) is 19.1 Å². The van der Waals surface area contributed by atoms with E-state index in [2.05, 4.69) is 5.32 Å². The minimum atomic E-state index is -0.592. The molecule has 2 aromatic rings. The molecule has 1 aliphatic heterocycles. The summed E-state index contributed by atoms with van der Waals surface area (Å²) in [7, 11) is 0. The lowest BCUT2D eigenvalue weighted by molar-refractivity contribution is -0.119. The molecule has 0 spiro atoms. The molecule has 0 saturated heterocycles. The molecular weight excluding hydrogens is 350 g/mol. The Kier molecular flexibility index (Phi) is 5.40. The number of fused-ring (bicyclic) bond motifs is 1. The number of nitrogens with one attached hydrogen (secondary N) is 1. The van der Waals surface area contributed by atoms with Crippen LogP contribution in [-0.2, 0) is 16.0 Å². The molecule has 1 amide bonds. The molecule has 1 aliphatic rings. The van der Waals surface area contributed by atoms with Crippen molar-refractivity contribution in [2.45, 2.75) is 20.3 Å². The maximum Gasteiger partial charge on any atom is 0.338 e. The zero-order valence-corrected chi connectivity index (χ0v) is 15.0. The molecule has 27 heavy (non-hydrogen) atoms. The molecule has 7 nitrogen and oxygen atoms in total. The lowest BCUT2D eigenvalue weighted by Crippen LogP contribution is -2.22. The molecule has 1 N–H and O–H groups in total. The molecular formula is C20H19NO6. The third-order valence-corrected chi connectivity index (χ3v) is 4.10. The van der Waals surface area contributed by atoms with Gasteiger partial charge in [0.2, 0.25) is 6.79 Å². The second-order valence-electron chi connectivity index (χ2n) is 5.98. The molecule has 0 atom stereocenters. The summed E-state index contributed by atoms with van der Waals surface area (Å²) >= 11 is 0. The highest BCUT2D eigenvalue weighted by atomic mass is 16.7. The maximum atomic E-state index is 12.2. The Labute approximate surface area is 156 Å². The minimum absolute atomic E-state index is 0.0541. The third-order valence-electron chi connectivity index (χ3n) is 4.10. The lowest BCUT2D eigenvalue weighted by Gasteiger charge is -2.11. The van der Waals surface area contributed by atoms with Crippen molar-refractivity contribution >= 4 is 23.3 Å². The van der Waals surface area contributed by atoms with Crippen LogP contribution in [0.5, 0.6) is 11.5 Å². The van der Waals surface area contributed by atoms with E-state index in [0.29, 0.717) is 17.1 Å². The Bertz CT molecular complexity index is 888. The summed E-state index contributed by atoms with van der Waals surface area (Å²) in [6.45, 7) is 2.98. The Hall–Kier alpha value is -3.35. The molecule has 7 heteroatoms. The average molecular weight is 369 g/mol. The summed E-state index contributed by atoms with van der Waals surface area (Å²) < 4.78 is 15.5. The van der Waals surface area contributed by atoms with E-state index < -0.39 is 18.5 Å². The summed E-state index contributed by atoms with van der Waals surface area (Å²) in [5.74, 6) is -0.514. The Morgan fingerprint density at radius 3 is 2.37 bits per heavy atom. The average Bonchev–Trinajstić information content (AvgIpc) is 3.12. The normalized spacial score (nSPS) is 11.8. The van der Waals surface area contributed by atoms with Crippen LogP contribution in [0.3, 0.4) is 0 Å². The minimum Gasteiger partial charge on any atom is -0.454 e. The Morgan fingerprint density at radius 1 is 1.07 bits per heavy atom. The predicted molar refractivity (Wildman–Crippen MR) is 97.3 cm³/mol. The number of esters is 1. The van der Waals surface area contributed by atoms with Gasteiger partial charge in [-0.3, -0.25) is 9.59 Å². The van der Waals surface area contributed by atoms with E-state index in [9.17, 15) is 14.4 Å². The van der Waals surface area contributed by atoms with Crippen molar-refractivity contribution in [3.63, 3.8) is 0 Å². The van der Waals surface area contributed by atoms with E-state index in [-0.39, 0.29) is 23.8 Å². The molecule has 0 aromatic heterocycles. The highest BCUT2D eigenvalue weighted by molar-refractivity contribution is 6.05. The summed E-state index contributed by atoms with van der Waals surface area (Å²) in [6.07, 6.45) is 0.867. The van der Waals surface area contributed by atoms with Crippen molar-refractivity contribution in [3.05, 3.63) is 53.1 Å². The largest absolute Gasteiger partial charge is 0.454 e. The van der Waals surface area contributed by atoms with Gasteiger partial charge in [0, 0.05) is 11.6 Å². The van der Waals surface area contributed by atoms with Crippen LogP contribution in [0.15, 0.2) is 36.4 Å². The van der Waals surface area contributed by atoms with Gasteiger partial charge in [-0.2, -0.15) is 0 Å². The van der Waals surface area contributed by atoms with Crippen LogP contribution in [0.4, 0.5) is 5.69 Å². The van der Waals surface area contributed by atoms with E-state index in [4.69, 9.17) is 14.2 Å². The summed E-state index contributed by atoms with van der Waals surface area (Å²) in [5.41, 5.74) is 2.03. The predicted octanol–water partition coefficient (Wildman–Crippen LogP) is 2.98. The van der Waals surface area contributed by atoms with Crippen LogP contribution in [-0.4, -0.2) is 31.1 Å². The van der Waals surface area contributed by atoms with Crippen LogP contribution in [0, 0.1) is 0 Å². The first-order valence-electron chi connectivity index (χ1n) is 8.48. The number of carbonyl (C=O) groups excluding carboxylic acids is 3. The summed E-state index contributed by atoms with van der Waals surface area (Å²) in [4.78, 5) is 36.0. The SMILES string of the molecule is CCc1ccc(C(=O)OCC(=O)Nc2cc3c(cc2C(C)=O)OCO3)cc1. The number of aryl methyl sites for hydroxylation is 1. The molecule has 0 bridgehead atoms. The molecule has 2 aromatic carbocycles. The van der Waals surface area contributed by atoms with Gasteiger partial charge < -0.3 is 19.5 Å². The maximum absolute atomic E-state index is 12.2. The van der Waals surface area contributed by atoms with Crippen molar-refractivity contribution in [2.24, 2.45) is 0 Å². The second-order valence-corrected chi connectivity index (χ2v) is 5.98. The number of ether oxygens (including phenoxy) is 3. The standard InChI is InChI=1S/C20H19NO6/c1-3-13-4-6-14(7-5-13)20(24)25-10-19(23)21-16-9-18-17(26-11-27-18)8-15(16)12(2)22/h4-9H,3,10-11H2,1-2H3,(H,21,23). The Morgan fingerprint density at radius 2 is 1.74 bits per heavy atom. The lowest BCUT2D eigenvalue weighted by atomic mass is 10.1. The van der Waals surface area contributed by atoms with Gasteiger partial charge in [0.1, 0.15) is 0 Å². The number of ketones is 1. The molecule has 0 saturated carbocycles. The Balaban J connectivity index is 1.64. The molecule has 0 unspecified atom stereocenters. The highest BCUT2D eigenvalue weighted by Gasteiger charge is 2.20.